The second-order valence-electron chi connectivity index (χ2n) is 8.04. The largest absolute Gasteiger partial charge is 0.497 e. The molecule has 7 nitrogen and oxygen atoms in total. The van der Waals surface area contributed by atoms with Crippen LogP contribution in [0.25, 0.3) is 0 Å². The van der Waals surface area contributed by atoms with Gasteiger partial charge in [-0.3, -0.25) is 4.79 Å². The Hall–Kier alpha value is -4.39. The molecule has 0 fully saturated rings. The van der Waals surface area contributed by atoms with E-state index >= 15 is 0 Å². The Bertz CT molecular complexity index is 1190. The van der Waals surface area contributed by atoms with E-state index in [2.05, 4.69) is 25.9 Å². The number of aromatic nitrogens is 2. The van der Waals surface area contributed by atoms with E-state index < -0.39 is 0 Å². The molecule has 0 aliphatic heterocycles. The van der Waals surface area contributed by atoms with Crippen LogP contribution in [-0.2, 0) is 4.79 Å². The van der Waals surface area contributed by atoms with E-state index in [0.717, 1.165) is 28.3 Å². The van der Waals surface area contributed by atoms with Gasteiger partial charge < -0.3 is 20.7 Å². The first kappa shape index (κ1) is 23.8. The third kappa shape index (κ3) is 6.57. The van der Waals surface area contributed by atoms with Gasteiger partial charge in [0.2, 0.25) is 11.9 Å². The van der Waals surface area contributed by atoms with E-state index in [-0.39, 0.29) is 11.8 Å². The quantitative estimate of drug-likeness (QED) is 0.288. The second-order valence-corrected chi connectivity index (χ2v) is 8.04. The summed E-state index contributed by atoms with van der Waals surface area (Å²) in [7, 11) is 1.64. The van der Waals surface area contributed by atoms with Crippen LogP contribution in [-0.4, -0.2) is 36.1 Å². The molecule has 178 valence electrons. The van der Waals surface area contributed by atoms with E-state index in [0.29, 0.717) is 24.9 Å². The summed E-state index contributed by atoms with van der Waals surface area (Å²) in [6, 6.07) is 29.1. The molecule has 3 aromatic carbocycles. The second kappa shape index (κ2) is 11.7. The van der Waals surface area contributed by atoms with Crippen molar-refractivity contribution >= 4 is 23.4 Å². The van der Waals surface area contributed by atoms with Crippen LogP contribution in [0.2, 0.25) is 0 Å². The number of hydrogen-bond acceptors (Lipinski definition) is 6. The maximum atomic E-state index is 13.1. The van der Waals surface area contributed by atoms with Gasteiger partial charge in [-0.1, -0.05) is 60.7 Å². The predicted octanol–water partition coefficient (Wildman–Crippen LogP) is 4.90. The smallest absolute Gasteiger partial charge is 0.232 e. The number of aryl methyl sites for hydroxylation is 1. The number of carbonyl (C=O) groups excluding carboxylic acids is 1. The summed E-state index contributed by atoms with van der Waals surface area (Å²) in [6.45, 7) is 2.85. The number of rotatable bonds is 10. The van der Waals surface area contributed by atoms with Gasteiger partial charge >= 0.3 is 0 Å². The molecule has 1 heterocycles. The van der Waals surface area contributed by atoms with Gasteiger partial charge in [0.05, 0.1) is 13.0 Å². The number of carbonyl (C=O) groups is 1. The van der Waals surface area contributed by atoms with Crippen molar-refractivity contribution in [2.24, 2.45) is 0 Å². The highest BCUT2D eigenvalue weighted by molar-refractivity contribution is 5.87. The molecular weight excluding hydrogens is 438 g/mol. The van der Waals surface area contributed by atoms with E-state index in [1.165, 1.54) is 0 Å². The van der Waals surface area contributed by atoms with Crippen LogP contribution < -0.4 is 20.7 Å². The van der Waals surface area contributed by atoms with Crippen molar-refractivity contribution in [3.8, 4) is 5.75 Å². The van der Waals surface area contributed by atoms with Crippen LogP contribution in [0, 0.1) is 6.92 Å². The van der Waals surface area contributed by atoms with Crippen molar-refractivity contribution in [3.05, 3.63) is 108 Å². The summed E-state index contributed by atoms with van der Waals surface area (Å²) in [5.41, 5.74) is 3.64. The minimum Gasteiger partial charge on any atom is -0.497 e. The zero-order valence-electron chi connectivity index (χ0n) is 19.9. The van der Waals surface area contributed by atoms with Gasteiger partial charge in [0.15, 0.2) is 0 Å². The first-order valence-corrected chi connectivity index (χ1v) is 11.5. The van der Waals surface area contributed by atoms with Gasteiger partial charge in [0.25, 0.3) is 0 Å². The lowest BCUT2D eigenvalue weighted by atomic mass is 9.90. The monoisotopic (exact) mass is 467 g/mol. The van der Waals surface area contributed by atoms with Crippen LogP contribution in [0.5, 0.6) is 5.75 Å². The van der Waals surface area contributed by atoms with Crippen molar-refractivity contribution in [1.82, 2.24) is 15.3 Å². The summed E-state index contributed by atoms with van der Waals surface area (Å²) in [5.74, 6) is 1.56. The average Bonchev–Trinajstić information content (AvgIpc) is 2.88. The zero-order chi connectivity index (χ0) is 24.5. The fourth-order valence-corrected chi connectivity index (χ4v) is 3.78. The Balaban J connectivity index is 1.35. The number of benzene rings is 3. The summed E-state index contributed by atoms with van der Waals surface area (Å²) < 4.78 is 5.20. The summed E-state index contributed by atoms with van der Waals surface area (Å²) in [5, 5.41) is 9.53. The molecule has 35 heavy (non-hydrogen) atoms. The van der Waals surface area contributed by atoms with Crippen molar-refractivity contribution in [2.45, 2.75) is 12.8 Å². The highest BCUT2D eigenvalue weighted by Gasteiger charge is 2.22. The van der Waals surface area contributed by atoms with Crippen molar-refractivity contribution in [1.29, 1.82) is 0 Å². The molecule has 0 atom stereocenters. The molecule has 0 aliphatic rings. The minimum absolute atomic E-state index is 0.0452. The maximum absolute atomic E-state index is 13.1. The summed E-state index contributed by atoms with van der Waals surface area (Å²) in [4.78, 5) is 22.1. The molecule has 0 radical (unpaired) electrons. The highest BCUT2D eigenvalue weighted by atomic mass is 16.5. The molecule has 0 spiro atoms. The third-order valence-corrected chi connectivity index (χ3v) is 5.45. The zero-order valence-corrected chi connectivity index (χ0v) is 19.9. The number of hydrogen-bond donors (Lipinski definition) is 3. The SMILES string of the molecule is COc1ccc(Nc2cc(C)nc(NCCNC(=O)C(c3ccccc3)c3ccccc3)n2)cc1. The molecule has 1 aromatic heterocycles. The number of nitrogens with one attached hydrogen (secondary N) is 3. The van der Waals surface area contributed by atoms with Crippen molar-refractivity contribution < 1.29 is 9.53 Å². The van der Waals surface area contributed by atoms with Crippen LogP contribution in [0.4, 0.5) is 17.5 Å². The van der Waals surface area contributed by atoms with E-state index in [4.69, 9.17) is 4.74 Å². The van der Waals surface area contributed by atoms with Crippen LogP contribution in [0.15, 0.2) is 91.0 Å². The number of amides is 1. The van der Waals surface area contributed by atoms with Gasteiger partial charge in [-0.25, -0.2) is 4.98 Å². The molecule has 4 rings (SSSR count). The van der Waals surface area contributed by atoms with E-state index in [1.54, 1.807) is 7.11 Å². The van der Waals surface area contributed by atoms with Crippen LogP contribution in [0.3, 0.4) is 0 Å². The van der Waals surface area contributed by atoms with Crippen LogP contribution in [0.1, 0.15) is 22.7 Å². The Morgan fingerprint density at radius 1 is 0.857 bits per heavy atom. The van der Waals surface area contributed by atoms with Gasteiger partial charge in [-0.2, -0.15) is 4.98 Å². The first-order chi connectivity index (χ1) is 17.1. The Kier molecular flexibility index (Phi) is 7.91. The number of methoxy groups -OCH3 is 1. The molecule has 0 saturated carbocycles. The van der Waals surface area contributed by atoms with Crippen molar-refractivity contribution in [3.63, 3.8) is 0 Å². The average molecular weight is 468 g/mol. The minimum atomic E-state index is -0.368. The maximum Gasteiger partial charge on any atom is 0.232 e. The van der Waals surface area contributed by atoms with E-state index in [9.17, 15) is 4.79 Å². The Labute approximate surface area is 205 Å². The number of ether oxygens (including phenoxy) is 1. The normalized spacial score (nSPS) is 10.6. The molecule has 7 heteroatoms. The Morgan fingerprint density at radius 2 is 1.49 bits per heavy atom. The highest BCUT2D eigenvalue weighted by Crippen LogP contribution is 2.24. The standard InChI is InChI=1S/C28H29N5O2/c1-20-19-25(32-23-13-15-24(35-2)16-14-23)33-28(31-20)30-18-17-29-27(34)26(21-9-5-3-6-10-21)22-11-7-4-8-12-22/h3-16,19,26H,17-18H2,1-2H3,(H,29,34)(H2,30,31,32,33). The Morgan fingerprint density at radius 3 is 2.09 bits per heavy atom. The molecule has 0 saturated heterocycles. The van der Waals surface area contributed by atoms with Gasteiger partial charge in [-0.05, 0) is 42.3 Å². The molecule has 1 amide bonds. The van der Waals surface area contributed by atoms with Crippen molar-refractivity contribution in [2.75, 3.05) is 30.8 Å². The number of nitrogens with zero attached hydrogens (tertiary/aromatic N) is 2. The van der Waals surface area contributed by atoms with Crippen LogP contribution >= 0.6 is 0 Å². The van der Waals surface area contributed by atoms with E-state index in [1.807, 2.05) is 97.9 Å². The lowest BCUT2D eigenvalue weighted by molar-refractivity contribution is -0.121. The molecule has 0 unspecified atom stereocenters. The molecule has 0 bridgehead atoms. The fraction of sp³-hybridized carbons (Fsp3) is 0.179. The van der Waals surface area contributed by atoms with Gasteiger partial charge in [0.1, 0.15) is 11.6 Å². The molecule has 4 aromatic rings. The predicted molar refractivity (Wildman–Crippen MR) is 139 cm³/mol. The molecule has 0 aliphatic carbocycles. The topological polar surface area (TPSA) is 88.2 Å². The molecule has 3 N–H and O–H groups in total. The summed E-state index contributed by atoms with van der Waals surface area (Å²) >= 11 is 0. The van der Waals surface area contributed by atoms with Gasteiger partial charge in [-0.15, -0.1) is 0 Å². The molecular formula is C28H29N5O2. The summed E-state index contributed by atoms with van der Waals surface area (Å²) in [6.07, 6.45) is 0. The lowest BCUT2D eigenvalue weighted by Gasteiger charge is -2.18. The first-order valence-electron chi connectivity index (χ1n) is 11.5. The fourth-order valence-electron chi connectivity index (χ4n) is 3.78. The third-order valence-electron chi connectivity index (χ3n) is 5.45. The van der Waals surface area contributed by atoms with Gasteiger partial charge in [0, 0.05) is 30.5 Å². The number of anilines is 3. The lowest BCUT2D eigenvalue weighted by Crippen LogP contribution is -2.33.